The van der Waals surface area contributed by atoms with Gasteiger partial charge in [-0.25, -0.2) is 0 Å². The van der Waals surface area contributed by atoms with Crippen LogP contribution in [-0.4, -0.2) is 17.4 Å². The third-order valence-electron chi connectivity index (χ3n) is 1.65. The zero-order valence-electron chi connectivity index (χ0n) is 9.06. The molecule has 0 bridgehead atoms. The maximum absolute atomic E-state index is 11.5. The standard InChI is InChI=1S/C10H21NO/c1-7(2)9(12)8(3)11-10(4,5)6/h7-8,11H,1-6H3/t8-/m0/s1. The number of Topliss-reactive ketones (excluding diaryl/α,β-unsaturated/α-hetero) is 1. The maximum atomic E-state index is 11.5. The Bertz CT molecular complexity index is 156. The van der Waals surface area contributed by atoms with Gasteiger partial charge < -0.3 is 5.32 Å². The van der Waals surface area contributed by atoms with Gasteiger partial charge in [0.05, 0.1) is 6.04 Å². The Hall–Kier alpha value is -0.370. The molecule has 12 heavy (non-hydrogen) atoms. The van der Waals surface area contributed by atoms with E-state index in [0.29, 0.717) is 0 Å². The molecule has 0 unspecified atom stereocenters. The van der Waals surface area contributed by atoms with Crippen LogP contribution < -0.4 is 5.32 Å². The van der Waals surface area contributed by atoms with Gasteiger partial charge in [0.2, 0.25) is 0 Å². The van der Waals surface area contributed by atoms with E-state index in [0.717, 1.165) is 0 Å². The Kier molecular flexibility index (Phi) is 3.91. The highest BCUT2D eigenvalue weighted by Gasteiger charge is 2.20. The fourth-order valence-corrected chi connectivity index (χ4v) is 1.22. The lowest BCUT2D eigenvalue weighted by molar-refractivity contribution is -0.124. The Morgan fingerprint density at radius 1 is 1.17 bits per heavy atom. The van der Waals surface area contributed by atoms with Crippen LogP contribution in [0.1, 0.15) is 41.5 Å². The first-order chi connectivity index (χ1) is 5.24. The zero-order chi connectivity index (χ0) is 9.94. The van der Waals surface area contributed by atoms with E-state index >= 15 is 0 Å². The van der Waals surface area contributed by atoms with Crippen molar-refractivity contribution >= 4 is 5.78 Å². The molecule has 0 saturated carbocycles. The van der Waals surface area contributed by atoms with Gasteiger partial charge >= 0.3 is 0 Å². The van der Waals surface area contributed by atoms with E-state index < -0.39 is 0 Å². The molecular formula is C10H21NO. The van der Waals surface area contributed by atoms with Crippen molar-refractivity contribution in [1.82, 2.24) is 5.32 Å². The molecule has 0 aromatic carbocycles. The molecule has 0 spiro atoms. The van der Waals surface area contributed by atoms with E-state index in [9.17, 15) is 4.79 Å². The Labute approximate surface area is 75.7 Å². The molecule has 0 fully saturated rings. The minimum Gasteiger partial charge on any atom is -0.303 e. The molecular weight excluding hydrogens is 150 g/mol. The fraction of sp³-hybridized carbons (Fsp3) is 0.900. The second-order valence-corrected chi connectivity index (χ2v) is 4.67. The van der Waals surface area contributed by atoms with Crippen molar-refractivity contribution in [2.45, 2.75) is 53.1 Å². The predicted molar refractivity (Wildman–Crippen MR) is 52.2 cm³/mol. The predicted octanol–water partition coefficient (Wildman–Crippen LogP) is 1.99. The van der Waals surface area contributed by atoms with Gasteiger partial charge in [0.15, 0.2) is 5.78 Å². The van der Waals surface area contributed by atoms with Crippen LogP contribution in [0.25, 0.3) is 0 Å². The highest BCUT2D eigenvalue weighted by molar-refractivity contribution is 5.85. The first-order valence-electron chi connectivity index (χ1n) is 4.55. The third kappa shape index (κ3) is 4.50. The zero-order valence-corrected chi connectivity index (χ0v) is 9.06. The van der Waals surface area contributed by atoms with Crippen molar-refractivity contribution in [2.24, 2.45) is 5.92 Å². The van der Waals surface area contributed by atoms with E-state index in [4.69, 9.17) is 0 Å². The lowest BCUT2D eigenvalue weighted by atomic mass is 10.00. The first-order valence-corrected chi connectivity index (χ1v) is 4.55. The second-order valence-electron chi connectivity index (χ2n) is 4.67. The van der Waals surface area contributed by atoms with Crippen LogP contribution in [0.15, 0.2) is 0 Å². The van der Waals surface area contributed by atoms with Gasteiger partial charge in [-0.1, -0.05) is 13.8 Å². The van der Waals surface area contributed by atoms with Gasteiger partial charge in [-0.3, -0.25) is 4.79 Å². The molecule has 2 heteroatoms. The number of carbonyl (C=O) groups is 1. The van der Waals surface area contributed by atoms with Gasteiger partial charge in [-0.05, 0) is 27.7 Å². The average Bonchev–Trinajstić information content (AvgIpc) is 1.82. The van der Waals surface area contributed by atoms with Crippen LogP contribution in [-0.2, 0) is 4.79 Å². The van der Waals surface area contributed by atoms with Crippen molar-refractivity contribution in [3.63, 3.8) is 0 Å². The first kappa shape index (κ1) is 11.6. The molecule has 0 aliphatic rings. The van der Waals surface area contributed by atoms with Crippen LogP contribution in [0.4, 0.5) is 0 Å². The molecule has 72 valence electrons. The number of nitrogens with one attached hydrogen (secondary N) is 1. The summed E-state index contributed by atoms with van der Waals surface area (Å²) in [6.07, 6.45) is 0. The van der Waals surface area contributed by atoms with Crippen LogP contribution in [0.3, 0.4) is 0 Å². The number of hydrogen-bond donors (Lipinski definition) is 1. The molecule has 1 atom stereocenters. The van der Waals surface area contributed by atoms with Crippen molar-refractivity contribution in [1.29, 1.82) is 0 Å². The summed E-state index contributed by atoms with van der Waals surface area (Å²) in [4.78, 5) is 11.5. The molecule has 0 aliphatic carbocycles. The monoisotopic (exact) mass is 171 g/mol. The molecule has 0 aromatic heterocycles. The highest BCUT2D eigenvalue weighted by atomic mass is 16.1. The molecule has 0 aromatic rings. The van der Waals surface area contributed by atoms with Gasteiger partial charge in [0, 0.05) is 11.5 Å². The summed E-state index contributed by atoms with van der Waals surface area (Å²) in [5, 5.41) is 3.25. The lowest BCUT2D eigenvalue weighted by Crippen LogP contribution is -2.47. The quantitative estimate of drug-likeness (QED) is 0.703. The summed E-state index contributed by atoms with van der Waals surface area (Å²) in [6, 6.07) is -0.0370. The summed E-state index contributed by atoms with van der Waals surface area (Å²) in [7, 11) is 0. The lowest BCUT2D eigenvalue weighted by Gasteiger charge is -2.26. The summed E-state index contributed by atoms with van der Waals surface area (Å²) < 4.78 is 0. The van der Waals surface area contributed by atoms with Crippen molar-refractivity contribution in [3.8, 4) is 0 Å². The van der Waals surface area contributed by atoms with Crippen LogP contribution >= 0.6 is 0 Å². The third-order valence-corrected chi connectivity index (χ3v) is 1.65. The van der Waals surface area contributed by atoms with Gasteiger partial charge in [0.1, 0.15) is 0 Å². The van der Waals surface area contributed by atoms with Gasteiger partial charge in [0.25, 0.3) is 0 Å². The minimum absolute atomic E-state index is 0.0178. The van der Waals surface area contributed by atoms with Crippen LogP contribution in [0.5, 0.6) is 0 Å². The molecule has 0 heterocycles. The summed E-state index contributed by atoms with van der Waals surface area (Å²) in [6.45, 7) is 12.0. The number of rotatable bonds is 3. The largest absolute Gasteiger partial charge is 0.303 e. The molecule has 2 nitrogen and oxygen atoms in total. The number of carbonyl (C=O) groups excluding carboxylic acids is 1. The summed E-state index contributed by atoms with van der Waals surface area (Å²) in [5.41, 5.74) is 0.0178. The van der Waals surface area contributed by atoms with Gasteiger partial charge in [-0.15, -0.1) is 0 Å². The SMILES string of the molecule is CC(C)C(=O)[C@H](C)NC(C)(C)C. The van der Waals surface area contributed by atoms with Crippen LogP contribution in [0.2, 0.25) is 0 Å². The Balaban J connectivity index is 4.05. The molecule has 0 amide bonds. The van der Waals surface area contributed by atoms with Crippen LogP contribution in [0, 0.1) is 5.92 Å². The molecule has 0 radical (unpaired) electrons. The smallest absolute Gasteiger partial charge is 0.151 e. The number of ketones is 1. The fourth-order valence-electron chi connectivity index (χ4n) is 1.22. The molecule has 1 N–H and O–H groups in total. The van der Waals surface area contributed by atoms with Crippen molar-refractivity contribution in [3.05, 3.63) is 0 Å². The molecule has 0 aliphatic heterocycles. The summed E-state index contributed by atoms with van der Waals surface area (Å²) in [5.74, 6) is 0.403. The van der Waals surface area contributed by atoms with Crippen molar-refractivity contribution < 1.29 is 4.79 Å². The van der Waals surface area contributed by atoms with E-state index in [2.05, 4.69) is 26.1 Å². The maximum Gasteiger partial charge on any atom is 0.151 e. The number of hydrogen-bond acceptors (Lipinski definition) is 2. The Morgan fingerprint density at radius 2 is 1.58 bits per heavy atom. The topological polar surface area (TPSA) is 29.1 Å². The Morgan fingerprint density at radius 3 is 1.83 bits per heavy atom. The van der Waals surface area contributed by atoms with E-state index in [1.54, 1.807) is 0 Å². The highest BCUT2D eigenvalue weighted by Crippen LogP contribution is 2.05. The molecule has 0 saturated heterocycles. The van der Waals surface area contributed by atoms with E-state index in [1.807, 2.05) is 20.8 Å². The normalized spacial score (nSPS) is 14.9. The van der Waals surface area contributed by atoms with E-state index in [-0.39, 0.29) is 23.3 Å². The average molecular weight is 171 g/mol. The van der Waals surface area contributed by atoms with E-state index in [1.165, 1.54) is 0 Å². The second kappa shape index (κ2) is 4.04. The van der Waals surface area contributed by atoms with Gasteiger partial charge in [-0.2, -0.15) is 0 Å². The molecule has 0 rings (SSSR count). The minimum atomic E-state index is -0.0370. The summed E-state index contributed by atoms with van der Waals surface area (Å²) >= 11 is 0. The van der Waals surface area contributed by atoms with Crippen molar-refractivity contribution in [2.75, 3.05) is 0 Å².